The minimum Gasteiger partial charge on any atom is -0.496 e. The van der Waals surface area contributed by atoms with Crippen LogP contribution in [0.4, 0.5) is 0 Å². The lowest BCUT2D eigenvalue weighted by atomic mass is 9.79. The maximum atomic E-state index is 9.01. The molecule has 0 unspecified atom stereocenters. The predicted octanol–water partition coefficient (Wildman–Crippen LogP) is 2.22. The van der Waals surface area contributed by atoms with E-state index in [-0.39, 0.29) is 18.3 Å². The topological polar surface area (TPSA) is 51.2 Å². The lowest BCUT2D eigenvalue weighted by Gasteiger charge is -2.43. The van der Waals surface area contributed by atoms with Crippen molar-refractivity contribution in [3.8, 4) is 5.75 Å². The Labute approximate surface area is 144 Å². The molecule has 0 bridgehead atoms. The summed E-state index contributed by atoms with van der Waals surface area (Å²) < 4.78 is 17.3. The Balaban J connectivity index is 1.74. The molecule has 1 saturated carbocycles. The summed E-state index contributed by atoms with van der Waals surface area (Å²) in [4.78, 5) is 2.51. The van der Waals surface area contributed by atoms with Gasteiger partial charge in [0.15, 0.2) is 0 Å². The summed E-state index contributed by atoms with van der Waals surface area (Å²) in [6.45, 7) is 2.40. The Morgan fingerprint density at radius 2 is 2.08 bits per heavy atom. The van der Waals surface area contributed by atoms with E-state index in [1.807, 2.05) is 19.2 Å². The Morgan fingerprint density at radius 1 is 1.25 bits per heavy atom. The van der Waals surface area contributed by atoms with Crippen LogP contribution in [-0.4, -0.2) is 61.7 Å². The molecule has 0 radical (unpaired) electrons. The van der Waals surface area contributed by atoms with E-state index < -0.39 is 0 Å². The average molecular weight is 335 g/mol. The van der Waals surface area contributed by atoms with Gasteiger partial charge in [0.05, 0.1) is 32.0 Å². The summed E-state index contributed by atoms with van der Waals surface area (Å²) in [6, 6.07) is 8.57. The Kier molecular flexibility index (Phi) is 5.76. The van der Waals surface area contributed by atoms with Gasteiger partial charge in [-0.1, -0.05) is 18.2 Å². The maximum Gasteiger partial charge on any atom is 0.123 e. The summed E-state index contributed by atoms with van der Waals surface area (Å²) in [7, 11) is 3.57. The first-order valence-corrected chi connectivity index (χ1v) is 8.86. The van der Waals surface area contributed by atoms with Crippen LogP contribution in [0.15, 0.2) is 24.3 Å². The van der Waals surface area contributed by atoms with Crippen molar-refractivity contribution >= 4 is 0 Å². The lowest BCUT2D eigenvalue weighted by Crippen LogP contribution is -2.51. The molecule has 1 aliphatic carbocycles. The molecule has 1 saturated heterocycles. The number of para-hydroxylation sites is 1. The van der Waals surface area contributed by atoms with Gasteiger partial charge in [0.1, 0.15) is 5.75 Å². The van der Waals surface area contributed by atoms with Crippen LogP contribution in [0.2, 0.25) is 0 Å². The smallest absolute Gasteiger partial charge is 0.123 e. The molecule has 5 heteroatoms. The minimum atomic E-state index is -0.0545. The lowest BCUT2D eigenvalue weighted by molar-refractivity contribution is -0.104. The van der Waals surface area contributed by atoms with E-state index in [0.717, 1.165) is 44.5 Å². The van der Waals surface area contributed by atoms with Crippen LogP contribution >= 0.6 is 0 Å². The molecule has 0 aromatic heterocycles. The number of ether oxygens (including phenoxy) is 3. The van der Waals surface area contributed by atoms with Crippen molar-refractivity contribution in [2.45, 2.75) is 50.0 Å². The number of hydrogen-bond donors (Lipinski definition) is 1. The highest BCUT2D eigenvalue weighted by atomic mass is 16.5. The molecule has 134 valence electrons. The minimum absolute atomic E-state index is 0.0545. The Bertz CT molecular complexity index is 538. The van der Waals surface area contributed by atoms with E-state index in [9.17, 15) is 0 Å². The average Bonchev–Trinajstić information content (AvgIpc) is 2.99. The largest absolute Gasteiger partial charge is 0.496 e. The molecule has 1 N–H and O–H groups in total. The zero-order valence-electron chi connectivity index (χ0n) is 14.7. The zero-order valence-corrected chi connectivity index (χ0v) is 14.7. The molecule has 5 nitrogen and oxygen atoms in total. The van der Waals surface area contributed by atoms with Crippen LogP contribution in [0.3, 0.4) is 0 Å². The normalized spacial score (nSPS) is 30.3. The first kappa shape index (κ1) is 17.7. The fraction of sp³-hybridized carbons (Fsp3) is 0.684. The molecular weight excluding hydrogens is 306 g/mol. The van der Waals surface area contributed by atoms with Crippen molar-refractivity contribution in [3.63, 3.8) is 0 Å². The van der Waals surface area contributed by atoms with Gasteiger partial charge in [-0.2, -0.15) is 0 Å². The second kappa shape index (κ2) is 7.83. The van der Waals surface area contributed by atoms with Gasteiger partial charge in [-0.3, -0.25) is 4.90 Å². The second-order valence-corrected chi connectivity index (χ2v) is 6.81. The van der Waals surface area contributed by atoms with Crippen LogP contribution in [-0.2, 0) is 16.0 Å². The summed E-state index contributed by atoms with van der Waals surface area (Å²) in [5, 5.41) is 9.01. The number of aliphatic hydroxyl groups excluding tert-OH is 1. The third-order valence-electron chi connectivity index (χ3n) is 5.66. The number of nitrogens with zero attached hydrogens (tertiary/aromatic N) is 1. The van der Waals surface area contributed by atoms with Crippen LogP contribution in [0.25, 0.3) is 0 Å². The SMILES string of the molecule is COc1ccccc1CN1CC[C@]2(OC)CC[C@H](OCCO)C[C@H]12. The molecule has 3 atom stereocenters. The maximum absolute atomic E-state index is 9.01. The summed E-state index contributed by atoms with van der Waals surface area (Å²) in [5.41, 5.74) is 1.16. The van der Waals surface area contributed by atoms with E-state index in [2.05, 4.69) is 17.0 Å². The molecule has 1 aromatic rings. The molecule has 0 spiro atoms. The van der Waals surface area contributed by atoms with Crippen molar-refractivity contribution in [2.24, 2.45) is 0 Å². The quantitative estimate of drug-likeness (QED) is 0.828. The van der Waals surface area contributed by atoms with Crippen LogP contribution in [0, 0.1) is 0 Å². The van der Waals surface area contributed by atoms with Crippen molar-refractivity contribution in [2.75, 3.05) is 34.0 Å². The standard InChI is InChI=1S/C19H29NO4/c1-22-17-6-4-3-5-15(17)14-20-10-9-19(23-2)8-7-16(13-18(19)20)24-12-11-21/h3-6,16,18,21H,7-14H2,1-2H3/t16-,18-,19+/m0/s1. The summed E-state index contributed by atoms with van der Waals surface area (Å²) in [5.74, 6) is 0.941. The predicted molar refractivity (Wildman–Crippen MR) is 92.2 cm³/mol. The Hall–Kier alpha value is -1.14. The van der Waals surface area contributed by atoms with E-state index >= 15 is 0 Å². The summed E-state index contributed by atoms with van der Waals surface area (Å²) >= 11 is 0. The van der Waals surface area contributed by atoms with Gasteiger partial charge in [-0.25, -0.2) is 0 Å². The van der Waals surface area contributed by atoms with E-state index in [0.29, 0.717) is 12.6 Å². The van der Waals surface area contributed by atoms with Gasteiger partial charge in [0.2, 0.25) is 0 Å². The van der Waals surface area contributed by atoms with Crippen molar-refractivity contribution in [3.05, 3.63) is 29.8 Å². The van der Waals surface area contributed by atoms with Gasteiger partial charge >= 0.3 is 0 Å². The molecule has 2 fully saturated rings. The number of rotatable bonds is 7. The fourth-order valence-electron chi connectivity index (χ4n) is 4.37. The molecule has 1 aromatic carbocycles. The van der Waals surface area contributed by atoms with Gasteiger partial charge in [-0.15, -0.1) is 0 Å². The van der Waals surface area contributed by atoms with E-state index in [4.69, 9.17) is 19.3 Å². The monoisotopic (exact) mass is 335 g/mol. The van der Waals surface area contributed by atoms with Crippen LogP contribution in [0.5, 0.6) is 5.75 Å². The molecule has 0 amide bonds. The highest BCUT2D eigenvalue weighted by Crippen LogP contribution is 2.44. The molecule has 1 heterocycles. The highest BCUT2D eigenvalue weighted by Gasteiger charge is 2.51. The van der Waals surface area contributed by atoms with Gasteiger partial charge in [0, 0.05) is 31.8 Å². The highest BCUT2D eigenvalue weighted by molar-refractivity contribution is 5.33. The molecule has 1 aliphatic heterocycles. The first-order valence-electron chi connectivity index (χ1n) is 8.86. The van der Waals surface area contributed by atoms with Gasteiger partial charge in [0.25, 0.3) is 0 Å². The van der Waals surface area contributed by atoms with Gasteiger partial charge < -0.3 is 19.3 Å². The number of methoxy groups -OCH3 is 2. The third kappa shape index (κ3) is 3.45. The Morgan fingerprint density at radius 3 is 2.83 bits per heavy atom. The van der Waals surface area contributed by atoms with Crippen molar-refractivity contribution in [1.82, 2.24) is 4.90 Å². The third-order valence-corrected chi connectivity index (χ3v) is 5.66. The first-order chi connectivity index (χ1) is 11.7. The van der Waals surface area contributed by atoms with E-state index in [1.165, 1.54) is 5.56 Å². The number of benzene rings is 1. The number of aliphatic hydroxyl groups is 1. The number of hydrogen-bond acceptors (Lipinski definition) is 5. The van der Waals surface area contributed by atoms with Crippen LogP contribution < -0.4 is 4.74 Å². The summed E-state index contributed by atoms with van der Waals surface area (Å²) in [6.07, 6.45) is 4.27. The fourth-order valence-corrected chi connectivity index (χ4v) is 4.37. The molecular formula is C19H29NO4. The number of fused-ring (bicyclic) bond motifs is 1. The van der Waals surface area contributed by atoms with Gasteiger partial charge in [-0.05, 0) is 31.7 Å². The molecule has 24 heavy (non-hydrogen) atoms. The zero-order chi connectivity index (χ0) is 17.0. The van der Waals surface area contributed by atoms with Crippen molar-refractivity contribution in [1.29, 1.82) is 0 Å². The van der Waals surface area contributed by atoms with Crippen LogP contribution in [0.1, 0.15) is 31.2 Å². The van der Waals surface area contributed by atoms with E-state index in [1.54, 1.807) is 7.11 Å². The molecule has 3 rings (SSSR count). The second-order valence-electron chi connectivity index (χ2n) is 6.81. The van der Waals surface area contributed by atoms with Crippen molar-refractivity contribution < 1.29 is 19.3 Å². The molecule has 2 aliphatic rings. The number of likely N-dealkylation sites (tertiary alicyclic amines) is 1.